The Bertz CT molecular complexity index is 1370. The molecule has 3 rings (SSSR count). The highest BCUT2D eigenvalue weighted by Crippen LogP contribution is 2.33. The lowest BCUT2D eigenvalue weighted by Gasteiger charge is -2.33. The fourth-order valence-electron chi connectivity index (χ4n) is 4.25. The minimum atomic E-state index is -4.21. The van der Waals surface area contributed by atoms with Crippen LogP contribution < -0.4 is 14.4 Å². The largest absolute Gasteiger partial charge is 0.492 e. The first-order valence-electron chi connectivity index (χ1n) is 13.3. The minimum absolute atomic E-state index is 0.00640. The van der Waals surface area contributed by atoms with Crippen LogP contribution in [0.1, 0.15) is 39.2 Å². The Morgan fingerprint density at radius 1 is 0.925 bits per heavy atom. The highest BCUT2D eigenvalue weighted by molar-refractivity contribution is 7.92. The second kappa shape index (κ2) is 14.5. The summed E-state index contributed by atoms with van der Waals surface area (Å²) in [7, 11) is -4.21. The summed E-state index contributed by atoms with van der Waals surface area (Å²) in [6, 6.07) is 19.2. The van der Waals surface area contributed by atoms with Crippen LogP contribution in [-0.2, 0) is 26.2 Å². The number of anilines is 1. The summed E-state index contributed by atoms with van der Waals surface area (Å²) in [6.45, 7) is 5.61. The highest BCUT2D eigenvalue weighted by Gasteiger charge is 2.34. The molecule has 2 amide bonds. The quantitative estimate of drug-likeness (QED) is 0.302. The molecule has 40 heavy (non-hydrogen) atoms. The number of para-hydroxylation sites is 2. The van der Waals surface area contributed by atoms with E-state index in [1.165, 1.54) is 41.3 Å². The first-order chi connectivity index (χ1) is 19.2. The Labute approximate surface area is 235 Å². The van der Waals surface area contributed by atoms with E-state index in [1.54, 1.807) is 56.3 Å². The molecule has 0 saturated carbocycles. The van der Waals surface area contributed by atoms with Gasteiger partial charge in [-0.3, -0.25) is 13.9 Å². The maximum atomic E-state index is 14.0. The summed E-state index contributed by atoms with van der Waals surface area (Å²) in [5.74, 6) is -1.06. The number of halogens is 1. The molecule has 3 aromatic rings. The summed E-state index contributed by atoms with van der Waals surface area (Å²) >= 11 is 0. The number of sulfonamides is 1. The topological polar surface area (TPSA) is 96.0 Å². The molecule has 214 valence electrons. The number of nitrogens with one attached hydrogen (secondary N) is 1. The van der Waals surface area contributed by atoms with Crippen molar-refractivity contribution in [1.29, 1.82) is 0 Å². The van der Waals surface area contributed by atoms with Crippen LogP contribution in [0.2, 0.25) is 0 Å². The molecule has 0 radical (unpaired) electrons. The molecule has 0 aliphatic rings. The molecule has 0 aromatic heterocycles. The number of hydrogen-bond donors (Lipinski definition) is 1. The van der Waals surface area contributed by atoms with Crippen molar-refractivity contribution in [3.8, 4) is 5.75 Å². The van der Waals surface area contributed by atoms with Gasteiger partial charge in [0, 0.05) is 13.1 Å². The van der Waals surface area contributed by atoms with E-state index < -0.39 is 34.3 Å². The zero-order valence-electron chi connectivity index (χ0n) is 23.0. The van der Waals surface area contributed by atoms with Gasteiger partial charge >= 0.3 is 0 Å². The van der Waals surface area contributed by atoms with Gasteiger partial charge in [-0.2, -0.15) is 0 Å². The fourth-order valence-corrected chi connectivity index (χ4v) is 5.69. The molecular weight excluding hydrogens is 533 g/mol. The van der Waals surface area contributed by atoms with Gasteiger partial charge in [-0.05, 0) is 61.7 Å². The number of ether oxygens (including phenoxy) is 1. The molecule has 1 N–H and O–H groups in total. The summed E-state index contributed by atoms with van der Waals surface area (Å²) in [5, 5.41) is 2.84. The average molecular weight is 570 g/mol. The van der Waals surface area contributed by atoms with Crippen molar-refractivity contribution in [3.05, 3.63) is 90.2 Å². The van der Waals surface area contributed by atoms with E-state index in [0.29, 0.717) is 30.7 Å². The summed E-state index contributed by atoms with van der Waals surface area (Å²) < 4.78 is 48.2. The number of carbonyl (C=O) groups is 2. The van der Waals surface area contributed by atoms with Gasteiger partial charge in [-0.1, -0.05) is 56.3 Å². The third-order valence-electron chi connectivity index (χ3n) is 6.25. The Morgan fingerprint density at radius 3 is 2.20 bits per heavy atom. The van der Waals surface area contributed by atoms with Crippen molar-refractivity contribution >= 4 is 27.5 Å². The second-order valence-corrected chi connectivity index (χ2v) is 11.0. The van der Waals surface area contributed by atoms with Crippen LogP contribution in [0.4, 0.5) is 10.1 Å². The van der Waals surface area contributed by atoms with E-state index in [1.807, 2.05) is 6.92 Å². The monoisotopic (exact) mass is 569 g/mol. The van der Waals surface area contributed by atoms with Crippen molar-refractivity contribution in [2.24, 2.45) is 0 Å². The average Bonchev–Trinajstić information content (AvgIpc) is 2.96. The normalized spacial score (nSPS) is 11.9. The van der Waals surface area contributed by atoms with Crippen LogP contribution >= 0.6 is 0 Å². The zero-order valence-corrected chi connectivity index (χ0v) is 23.9. The third kappa shape index (κ3) is 7.59. The van der Waals surface area contributed by atoms with E-state index in [4.69, 9.17) is 4.74 Å². The Morgan fingerprint density at radius 2 is 1.57 bits per heavy atom. The summed E-state index contributed by atoms with van der Waals surface area (Å²) in [4.78, 5) is 28.5. The number of benzene rings is 3. The Balaban J connectivity index is 2.08. The molecular formula is C30H36FN3O5S. The van der Waals surface area contributed by atoms with Crippen LogP contribution in [-0.4, -0.2) is 50.9 Å². The predicted octanol–water partition coefficient (Wildman–Crippen LogP) is 4.75. The van der Waals surface area contributed by atoms with Crippen molar-refractivity contribution < 1.29 is 27.1 Å². The maximum Gasteiger partial charge on any atom is 0.264 e. The number of nitrogens with zero attached hydrogens (tertiary/aromatic N) is 2. The molecule has 3 aromatic carbocycles. The van der Waals surface area contributed by atoms with Gasteiger partial charge < -0.3 is 15.0 Å². The van der Waals surface area contributed by atoms with E-state index in [9.17, 15) is 22.4 Å². The van der Waals surface area contributed by atoms with Gasteiger partial charge in [0.15, 0.2) is 0 Å². The Hall–Kier alpha value is -3.92. The number of amides is 2. The zero-order chi connectivity index (χ0) is 29.1. The van der Waals surface area contributed by atoms with Crippen molar-refractivity contribution in [3.63, 3.8) is 0 Å². The van der Waals surface area contributed by atoms with Crippen LogP contribution in [0.3, 0.4) is 0 Å². The van der Waals surface area contributed by atoms with E-state index in [-0.39, 0.29) is 29.6 Å². The third-order valence-corrected chi connectivity index (χ3v) is 8.02. The van der Waals surface area contributed by atoms with Gasteiger partial charge in [0.1, 0.15) is 24.2 Å². The molecule has 0 bridgehead atoms. The molecule has 10 heteroatoms. The molecule has 0 aliphatic carbocycles. The molecule has 0 spiro atoms. The lowest BCUT2D eigenvalue weighted by Crippen LogP contribution is -2.52. The second-order valence-electron chi connectivity index (χ2n) is 9.09. The summed E-state index contributed by atoms with van der Waals surface area (Å²) in [6.07, 6.45) is 1.01. The van der Waals surface area contributed by atoms with Gasteiger partial charge in [-0.15, -0.1) is 0 Å². The van der Waals surface area contributed by atoms with Gasteiger partial charge in [0.2, 0.25) is 11.8 Å². The van der Waals surface area contributed by atoms with Crippen molar-refractivity contribution in [1.82, 2.24) is 10.2 Å². The Kier molecular flexibility index (Phi) is 11.1. The number of rotatable bonds is 14. The first kappa shape index (κ1) is 30.6. The highest BCUT2D eigenvalue weighted by atomic mass is 32.2. The standard InChI is InChI=1S/C30H36FN3O5S/c1-4-20-32-30(36)26(5-2)33(21-23-16-18-24(31)19-17-23)29(35)22-34(27-14-10-11-15-28(27)39-6-3)40(37,38)25-12-8-7-9-13-25/h7-19,26H,4-6,20-22H2,1-3H3,(H,32,36)/t26-/m1/s1. The van der Waals surface area contributed by atoms with Crippen LogP contribution in [0.15, 0.2) is 83.8 Å². The summed E-state index contributed by atoms with van der Waals surface area (Å²) in [5.41, 5.74) is 0.801. The molecule has 1 atom stereocenters. The van der Waals surface area contributed by atoms with Crippen LogP contribution in [0.25, 0.3) is 0 Å². The lowest BCUT2D eigenvalue weighted by molar-refractivity contribution is -0.140. The van der Waals surface area contributed by atoms with E-state index in [2.05, 4.69) is 5.32 Å². The van der Waals surface area contributed by atoms with Crippen LogP contribution in [0, 0.1) is 5.82 Å². The molecule has 0 heterocycles. The fraction of sp³-hybridized carbons (Fsp3) is 0.333. The number of hydrogen-bond acceptors (Lipinski definition) is 5. The van der Waals surface area contributed by atoms with Gasteiger partial charge in [0.05, 0.1) is 17.2 Å². The molecule has 8 nitrogen and oxygen atoms in total. The lowest BCUT2D eigenvalue weighted by atomic mass is 10.1. The molecule has 0 unspecified atom stereocenters. The van der Waals surface area contributed by atoms with Crippen LogP contribution in [0.5, 0.6) is 5.75 Å². The van der Waals surface area contributed by atoms with Gasteiger partial charge in [-0.25, -0.2) is 12.8 Å². The van der Waals surface area contributed by atoms with Crippen molar-refractivity contribution in [2.45, 2.75) is 51.1 Å². The maximum absolute atomic E-state index is 14.0. The first-order valence-corrected chi connectivity index (χ1v) is 14.8. The van der Waals surface area contributed by atoms with Gasteiger partial charge in [0.25, 0.3) is 10.0 Å². The minimum Gasteiger partial charge on any atom is -0.492 e. The molecule has 0 fully saturated rings. The smallest absolute Gasteiger partial charge is 0.264 e. The van der Waals surface area contributed by atoms with Crippen molar-refractivity contribution in [2.75, 3.05) is 24.0 Å². The SMILES string of the molecule is CCCNC(=O)[C@@H](CC)N(Cc1ccc(F)cc1)C(=O)CN(c1ccccc1OCC)S(=O)(=O)c1ccccc1. The number of carbonyl (C=O) groups excluding carboxylic acids is 2. The molecule has 0 aliphatic heterocycles. The predicted molar refractivity (Wildman–Crippen MR) is 153 cm³/mol. The van der Waals surface area contributed by atoms with E-state index in [0.717, 1.165) is 4.31 Å². The molecule has 0 saturated heterocycles. The van der Waals surface area contributed by atoms with E-state index >= 15 is 0 Å².